The van der Waals surface area contributed by atoms with E-state index < -0.39 is 18.0 Å². The fourth-order valence-corrected chi connectivity index (χ4v) is 2.36. The first-order valence-corrected chi connectivity index (χ1v) is 7.80. The molecule has 3 N–H and O–H groups in total. The predicted octanol–water partition coefficient (Wildman–Crippen LogP) is 4.48. The van der Waals surface area contributed by atoms with Gasteiger partial charge in [0.05, 0.1) is 5.69 Å². The number of benzene rings is 2. The number of alkyl halides is 3. The van der Waals surface area contributed by atoms with Gasteiger partial charge < -0.3 is 15.8 Å². The molecule has 1 aromatic heterocycles. The van der Waals surface area contributed by atoms with Gasteiger partial charge >= 0.3 is 6.36 Å². The molecule has 3 aromatic rings. The number of carbonyl (C=O) groups excluding carboxylic acids is 1. The van der Waals surface area contributed by atoms with Crippen LogP contribution in [0, 0.1) is 0 Å². The molecule has 5 nitrogen and oxygen atoms in total. The normalized spacial score (nSPS) is 11.1. The van der Waals surface area contributed by atoms with Gasteiger partial charge in [-0.05, 0) is 35.9 Å². The Hall–Kier alpha value is -3.55. The Kier molecular flexibility index (Phi) is 4.98. The number of aromatic nitrogens is 1. The number of carbonyl (C=O) groups is 1. The average Bonchev–Trinajstić information content (AvgIpc) is 2.63. The van der Waals surface area contributed by atoms with Crippen molar-refractivity contribution in [2.75, 3.05) is 11.1 Å². The summed E-state index contributed by atoms with van der Waals surface area (Å²) in [5.74, 6) is -0.821. The van der Waals surface area contributed by atoms with Gasteiger partial charge in [-0.2, -0.15) is 0 Å². The zero-order valence-electron chi connectivity index (χ0n) is 13.8. The van der Waals surface area contributed by atoms with E-state index in [4.69, 9.17) is 5.73 Å². The van der Waals surface area contributed by atoms with Crippen LogP contribution in [0.3, 0.4) is 0 Å². The second-order valence-electron chi connectivity index (χ2n) is 5.55. The predicted molar refractivity (Wildman–Crippen MR) is 95.2 cm³/mol. The van der Waals surface area contributed by atoms with Crippen LogP contribution in [0.15, 0.2) is 66.9 Å². The summed E-state index contributed by atoms with van der Waals surface area (Å²) in [7, 11) is 0. The molecule has 1 amide bonds. The molecule has 1 heterocycles. The van der Waals surface area contributed by atoms with Crippen molar-refractivity contribution in [2.45, 2.75) is 6.36 Å². The maximum atomic E-state index is 12.3. The molecule has 0 fully saturated rings. The van der Waals surface area contributed by atoms with E-state index in [-0.39, 0.29) is 11.3 Å². The average molecular weight is 373 g/mol. The van der Waals surface area contributed by atoms with Gasteiger partial charge in [-0.25, -0.2) is 4.98 Å². The number of nitrogens with two attached hydrogens (primary N) is 1. The number of halogens is 3. The van der Waals surface area contributed by atoms with Crippen LogP contribution < -0.4 is 15.8 Å². The summed E-state index contributed by atoms with van der Waals surface area (Å²) in [5, 5.41) is 2.56. The molecule has 0 aliphatic carbocycles. The highest BCUT2D eigenvalue weighted by molar-refractivity contribution is 6.04. The third kappa shape index (κ3) is 4.75. The van der Waals surface area contributed by atoms with Gasteiger partial charge in [0.1, 0.15) is 5.82 Å². The van der Waals surface area contributed by atoms with E-state index in [9.17, 15) is 18.0 Å². The lowest BCUT2D eigenvalue weighted by Crippen LogP contribution is -2.18. The monoisotopic (exact) mass is 373 g/mol. The van der Waals surface area contributed by atoms with E-state index in [1.54, 1.807) is 18.3 Å². The molecule has 27 heavy (non-hydrogen) atoms. The van der Waals surface area contributed by atoms with E-state index in [0.29, 0.717) is 5.82 Å². The molecule has 0 saturated heterocycles. The molecule has 0 aliphatic heterocycles. The molecule has 0 unspecified atom stereocenters. The fourth-order valence-electron chi connectivity index (χ4n) is 2.36. The zero-order chi connectivity index (χ0) is 19.4. The Morgan fingerprint density at radius 3 is 2.33 bits per heavy atom. The van der Waals surface area contributed by atoms with Gasteiger partial charge in [-0.1, -0.05) is 30.3 Å². The van der Waals surface area contributed by atoms with Crippen LogP contribution in [-0.2, 0) is 0 Å². The van der Waals surface area contributed by atoms with Gasteiger partial charge in [0, 0.05) is 17.3 Å². The summed E-state index contributed by atoms with van der Waals surface area (Å²) in [6.07, 6.45) is -3.25. The first-order valence-electron chi connectivity index (χ1n) is 7.80. The van der Waals surface area contributed by atoms with Crippen LogP contribution in [0.25, 0.3) is 11.1 Å². The Labute approximate surface area is 152 Å². The number of rotatable bonds is 4. The van der Waals surface area contributed by atoms with Crippen LogP contribution in [0.1, 0.15) is 10.4 Å². The van der Waals surface area contributed by atoms with E-state index in [0.717, 1.165) is 23.3 Å². The molecule has 0 aliphatic rings. The number of hydrogen-bond acceptors (Lipinski definition) is 4. The van der Waals surface area contributed by atoms with Crippen LogP contribution in [0.5, 0.6) is 5.75 Å². The van der Waals surface area contributed by atoms with Crippen molar-refractivity contribution in [3.8, 4) is 16.9 Å². The van der Waals surface area contributed by atoms with Crippen molar-refractivity contribution in [2.24, 2.45) is 0 Å². The standard InChI is InChI=1S/C19H14F3N3O2/c20-19(21,22)27-16-8-6-13(10-15(16)23)18(26)25-17-9-7-14(11-24-17)12-4-2-1-3-5-12/h1-11H,23H2,(H,24,25,26). The van der Waals surface area contributed by atoms with E-state index in [2.05, 4.69) is 15.0 Å². The van der Waals surface area contributed by atoms with Crippen molar-refractivity contribution in [3.63, 3.8) is 0 Å². The van der Waals surface area contributed by atoms with E-state index >= 15 is 0 Å². The highest BCUT2D eigenvalue weighted by Crippen LogP contribution is 2.29. The van der Waals surface area contributed by atoms with Crippen LogP contribution in [-0.4, -0.2) is 17.3 Å². The lowest BCUT2D eigenvalue weighted by Gasteiger charge is -2.12. The number of hydrogen-bond donors (Lipinski definition) is 2. The molecule has 0 radical (unpaired) electrons. The first kappa shape index (κ1) is 18.2. The quantitative estimate of drug-likeness (QED) is 0.661. The highest BCUT2D eigenvalue weighted by Gasteiger charge is 2.32. The number of anilines is 2. The number of pyridine rings is 1. The van der Waals surface area contributed by atoms with Crippen LogP contribution >= 0.6 is 0 Å². The maximum Gasteiger partial charge on any atom is 0.573 e. The number of nitrogens with zero attached hydrogens (tertiary/aromatic N) is 1. The van der Waals surface area contributed by atoms with Crippen LogP contribution in [0.4, 0.5) is 24.7 Å². The van der Waals surface area contributed by atoms with Crippen molar-refractivity contribution in [1.82, 2.24) is 4.98 Å². The minimum absolute atomic E-state index is 0.0796. The Morgan fingerprint density at radius 2 is 1.74 bits per heavy atom. The molecular formula is C19H14F3N3O2. The minimum atomic E-state index is -4.86. The summed E-state index contributed by atoms with van der Waals surface area (Å²) in [6, 6.07) is 16.3. The summed E-state index contributed by atoms with van der Waals surface area (Å²) < 4.78 is 40.5. The zero-order valence-corrected chi connectivity index (χ0v) is 13.8. The van der Waals surface area contributed by atoms with Gasteiger partial charge in [0.2, 0.25) is 0 Å². The van der Waals surface area contributed by atoms with Gasteiger partial charge in [-0.3, -0.25) is 4.79 Å². The van der Waals surface area contributed by atoms with Gasteiger partial charge in [0.25, 0.3) is 5.91 Å². The minimum Gasteiger partial charge on any atom is -0.404 e. The van der Waals surface area contributed by atoms with Crippen molar-refractivity contribution in [3.05, 3.63) is 72.4 Å². The third-order valence-electron chi connectivity index (χ3n) is 3.61. The smallest absolute Gasteiger partial charge is 0.404 e. The molecule has 2 aromatic carbocycles. The SMILES string of the molecule is Nc1cc(C(=O)Nc2ccc(-c3ccccc3)cn2)ccc1OC(F)(F)F. The van der Waals surface area contributed by atoms with Gasteiger partial charge in [-0.15, -0.1) is 13.2 Å². The molecule has 3 rings (SSSR count). The van der Waals surface area contributed by atoms with E-state index in [1.165, 1.54) is 6.07 Å². The van der Waals surface area contributed by atoms with Crippen molar-refractivity contribution < 1.29 is 22.7 Å². The Morgan fingerprint density at radius 1 is 1.00 bits per heavy atom. The van der Waals surface area contributed by atoms with Gasteiger partial charge in [0.15, 0.2) is 5.75 Å². The molecule has 138 valence electrons. The molecule has 0 atom stereocenters. The lowest BCUT2D eigenvalue weighted by molar-refractivity contribution is -0.274. The molecule has 0 spiro atoms. The maximum absolute atomic E-state index is 12.3. The largest absolute Gasteiger partial charge is 0.573 e. The van der Waals surface area contributed by atoms with Crippen LogP contribution in [0.2, 0.25) is 0 Å². The summed E-state index contributed by atoms with van der Waals surface area (Å²) >= 11 is 0. The second kappa shape index (κ2) is 7.36. The number of nitrogens with one attached hydrogen (secondary N) is 1. The molecule has 0 saturated carbocycles. The Balaban J connectivity index is 1.71. The number of amides is 1. The molecule has 8 heteroatoms. The second-order valence-corrected chi connectivity index (χ2v) is 5.55. The van der Waals surface area contributed by atoms with Crippen molar-refractivity contribution in [1.29, 1.82) is 0 Å². The fraction of sp³-hybridized carbons (Fsp3) is 0.0526. The molecular weight excluding hydrogens is 359 g/mol. The van der Waals surface area contributed by atoms with Crippen molar-refractivity contribution >= 4 is 17.4 Å². The first-order chi connectivity index (χ1) is 12.8. The van der Waals surface area contributed by atoms with E-state index in [1.807, 2.05) is 30.3 Å². The Bertz CT molecular complexity index is 943. The summed E-state index contributed by atoms with van der Waals surface area (Å²) in [4.78, 5) is 16.4. The summed E-state index contributed by atoms with van der Waals surface area (Å²) in [5.41, 5.74) is 7.17. The summed E-state index contributed by atoms with van der Waals surface area (Å²) in [6.45, 7) is 0. The number of ether oxygens (including phenoxy) is 1. The topological polar surface area (TPSA) is 77.2 Å². The lowest BCUT2D eigenvalue weighted by atomic mass is 10.1. The molecule has 0 bridgehead atoms. The third-order valence-corrected chi connectivity index (χ3v) is 3.61. The highest BCUT2D eigenvalue weighted by atomic mass is 19.4. The number of nitrogen functional groups attached to an aromatic ring is 1.